The van der Waals surface area contributed by atoms with E-state index in [4.69, 9.17) is 23.2 Å². The van der Waals surface area contributed by atoms with Crippen molar-refractivity contribution in [2.24, 2.45) is 5.41 Å². The predicted molar refractivity (Wildman–Crippen MR) is 149 cm³/mol. The molecule has 0 bridgehead atoms. The van der Waals surface area contributed by atoms with Crippen LogP contribution in [0.4, 0.5) is 15.8 Å². The molecule has 0 aliphatic heterocycles. The number of nitrogens with one attached hydrogen (secondary N) is 2. The molecule has 0 spiro atoms. The van der Waals surface area contributed by atoms with Gasteiger partial charge in [0.15, 0.2) is 0 Å². The fourth-order valence-electron chi connectivity index (χ4n) is 4.34. The van der Waals surface area contributed by atoms with E-state index >= 15 is 4.39 Å². The molecule has 7 nitrogen and oxygen atoms in total. The minimum atomic E-state index is -0.744. The van der Waals surface area contributed by atoms with Crippen molar-refractivity contribution < 1.29 is 4.39 Å². The second kappa shape index (κ2) is 9.72. The SMILES string of the molecule is CC(C)(C)CNc1c(C#N)cnc2c(Cl)cc(NC(c3ccccc3Cl)c3nnn(C4(C)CC4)c3F)cc12. The Morgan fingerprint density at radius 2 is 1.92 bits per heavy atom. The second-order valence-electron chi connectivity index (χ2n) is 11.2. The van der Waals surface area contributed by atoms with Crippen molar-refractivity contribution >= 4 is 45.5 Å². The first-order chi connectivity index (χ1) is 18.0. The molecule has 1 saturated carbocycles. The van der Waals surface area contributed by atoms with Gasteiger partial charge in [0.25, 0.3) is 0 Å². The van der Waals surface area contributed by atoms with Crippen LogP contribution in [0.1, 0.15) is 63.4 Å². The van der Waals surface area contributed by atoms with Gasteiger partial charge in [0.2, 0.25) is 5.95 Å². The van der Waals surface area contributed by atoms with Crippen molar-refractivity contribution in [1.29, 1.82) is 5.26 Å². The normalized spacial score (nSPS) is 15.2. The van der Waals surface area contributed by atoms with Gasteiger partial charge in [-0.25, -0.2) is 4.68 Å². The number of benzene rings is 2. The molecular weight excluding hydrogens is 524 g/mol. The number of hydrogen-bond acceptors (Lipinski definition) is 6. The van der Waals surface area contributed by atoms with Gasteiger partial charge in [-0.2, -0.15) is 9.65 Å². The molecule has 1 aliphatic carbocycles. The highest BCUT2D eigenvalue weighted by Crippen LogP contribution is 2.44. The van der Waals surface area contributed by atoms with E-state index in [1.165, 1.54) is 10.9 Å². The van der Waals surface area contributed by atoms with Crippen LogP contribution in [-0.4, -0.2) is 26.5 Å². The topological polar surface area (TPSA) is 91.4 Å². The monoisotopic (exact) mass is 551 g/mol. The van der Waals surface area contributed by atoms with Crippen molar-refractivity contribution in [3.63, 3.8) is 0 Å². The Labute approximate surface area is 231 Å². The smallest absolute Gasteiger partial charge is 0.237 e. The summed E-state index contributed by atoms with van der Waals surface area (Å²) in [6, 6.07) is 12.3. The molecule has 1 aliphatic rings. The first kappa shape index (κ1) is 26.2. The molecule has 2 aromatic heterocycles. The van der Waals surface area contributed by atoms with Gasteiger partial charge in [-0.3, -0.25) is 4.98 Å². The number of halogens is 3. The number of anilines is 2. The molecule has 0 amide bonds. The van der Waals surface area contributed by atoms with Crippen molar-refractivity contribution in [2.45, 2.75) is 52.1 Å². The summed E-state index contributed by atoms with van der Waals surface area (Å²) in [6.07, 6.45) is 3.20. The van der Waals surface area contributed by atoms with Crippen molar-refractivity contribution in [3.05, 3.63) is 75.4 Å². The Hall–Kier alpha value is -3.41. The van der Waals surface area contributed by atoms with Crippen LogP contribution in [0.15, 0.2) is 42.6 Å². The lowest BCUT2D eigenvalue weighted by molar-refractivity contribution is 0.371. The molecule has 4 aromatic rings. The van der Waals surface area contributed by atoms with E-state index in [-0.39, 0.29) is 16.6 Å². The summed E-state index contributed by atoms with van der Waals surface area (Å²) in [6.45, 7) is 8.90. The first-order valence-electron chi connectivity index (χ1n) is 12.4. The molecule has 1 fully saturated rings. The van der Waals surface area contributed by atoms with Crippen molar-refractivity contribution in [2.75, 3.05) is 17.2 Å². The Bertz CT molecular complexity index is 1560. The number of fused-ring (bicyclic) bond motifs is 1. The Morgan fingerprint density at radius 1 is 1.18 bits per heavy atom. The van der Waals surface area contributed by atoms with Crippen LogP contribution in [-0.2, 0) is 5.54 Å². The zero-order chi connectivity index (χ0) is 27.2. The van der Waals surface area contributed by atoms with Crippen LogP contribution >= 0.6 is 23.2 Å². The third-order valence-electron chi connectivity index (χ3n) is 6.77. The molecule has 2 N–H and O–H groups in total. The zero-order valence-corrected chi connectivity index (χ0v) is 23.1. The summed E-state index contributed by atoms with van der Waals surface area (Å²) in [4.78, 5) is 4.43. The molecule has 2 heterocycles. The van der Waals surface area contributed by atoms with Gasteiger partial charge in [0, 0.05) is 28.8 Å². The highest BCUT2D eigenvalue weighted by molar-refractivity contribution is 6.36. The van der Waals surface area contributed by atoms with E-state index in [9.17, 15) is 5.26 Å². The number of pyridine rings is 1. The third kappa shape index (κ3) is 5.01. The number of nitrogens with zero attached hydrogens (tertiary/aromatic N) is 5. The fourth-order valence-corrected chi connectivity index (χ4v) is 4.85. The van der Waals surface area contributed by atoms with Crippen LogP contribution in [0.5, 0.6) is 0 Å². The fraction of sp³-hybridized carbons (Fsp3) is 0.357. The van der Waals surface area contributed by atoms with E-state index in [1.54, 1.807) is 12.1 Å². The van der Waals surface area contributed by atoms with Gasteiger partial charge >= 0.3 is 0 Å². The molecule has 0 radical (unpaired) electrons. The maximum Gasteiger partial charge on any atom is 0.237 e. The Morgan fingerprint density at radius 3 is 2.58 bits per heavy atom. The van der Waals surface area contributed by atoms with Crippen LogP contribution in [0.2, 0.25) is 10.0 Å². The summed E-state index contributed by atoms with van der Waals surface area (Å²) < 4.78 is 17.1. The third-order valence-corrected chi connectivity index (χ3v) is 7.40. The van der Waals surface area contributed by atoms with E-state index in [0.29, 0.717) is 50.0 Å². The standard InChI is InChI=1S/C28H28Cl2FN7/c1-27(2,3)15-34-22-16(13-32)14-33-23-19(22)11-17(12-21(23)30)35-24(18-7-5-6-8-20(18)29)25-26(31)38(37-36-25)28(4)9-10-28/h5-8,11-12,14,24,35H,9-10,15H2,1-4H3,(H,33,34). The van der Waals surface area contributed by atoms with Crippen LogP contribution < -0.4 is 10.6 Å². The molecule has 5 rings (SSSR count). The molecule has 1 unspecified atom stereocenters. The minimum Gasteiger partial charge on any atom is -0.383 e. The molecule has 10 heteroatoms. The van der Waals surface area contributed by atoms with Gasteiger partial charge < -0.3 is 10.6 Å². The van der Waals surface area contributed by atoms with Crippen molar-refractivity contribution in [1.82, 2.24) is 20.0 Å². The average Bonchev–Trinajstić information content (AvgIpc) is 3.49. The van der Waals surface area contributed by atoms with Crippen LogP contribution in [0.25, 0.3) is 10.9 Å². The van der Waals surface area contributed by atoms with E-state index in [1.807, 2.05) is 31.2 Å². The van der Waals surface area contributed by atoms with Gasteiger partial charge in [-0.05, 0) is 48.9 Å². The Kier molecular flexibility index (Phi) is 6.70. The number of hydrogen-bond donors (Lipinski definition) is 2. The maximum absolute atomic E-state index is 15.7. The molecular formula is C28H28Cl2FN7. The molecule has 2 aromatic carbocycles. The first-order valence-corrected chi connectivity index (χ1v) is 13.2. The minimum absolute atomic E-state index is 0.0291. The highest BCUT2D eigenvalue weighted by Gasteiger charge is 2.44. The van der Waals surface area contributed by atoms with E-state index < -0.39 is 12.0 Å². The summed E-state index contributed by atoms with van der Waals surface area (Å²) in [5.74, 6) is -0.504. The number of nitriles is 1. The summed E-state index contributed by atoms with van der Waals surface area (Å²) in [5, 5.41) is 26.5. The highest BCUT2D eigenvalue weighted by atomic mass is 35.5. The summed E-state index contributed by atoms with van der Waals surface area (Å²) in [5.41, 5.74) is 2.59. The summed E-state index contributed by atoms with van der Waals surface area (Å²) in [7, 11) is 0. The zero-order valence-electron chi connectivity index (χ0n) is 21.6. The van der Waals surface area contributed by atoms with E-state index in [0.717, 1.165) is 12.8 Å². The lowest BCUT2D eigenvalue weighted by atomic mass is 9.96. The molecule has 38 heavy (non-hydrogen) atoms. The van der Waals surface area contributed by atoms with Gasteiger partial charge in [-0.1, -0.05) is 67.4 Å². The number of rotatable bonds is 7. The molecule has 196 valence electrons. The predicted octanol–water partition coefficient (Wildman–Crippen LogP) is 7.31. The lowest BCUT2D eigenvalue weighted by Gasteiger charge is -2.23. The summed E-state index contributed by atoms with van der Waals surface area (Å²) >= 11 is 13.3. The molecule has 0 saturated heterocycles. The quantitative estimate of drug-likeness (QED) is 0.250. The van der Waals surface area contributed by atoms with Crippen LogP contribution in [0, 0.1) is 22.7 Å². The van der Waals surface area contributed by atoms with Gasteiger partial charge in [0.1, 0.15) is 17.8 Å². The second-order valence-corrected chi connectivity index (χ2v) is 12.0. The van der Waals surface area contributed by atoms with Gasteiger partial charge in [0.05, 0.1) is 27.3 Å². The lowest BCUT2D eigenvalue weighted by Crippen LogP contribution is -2.20. The molecule has 1 atom stereocenters. The Balaban J connectivity index is 1.62. The maximum atomic E-state index is 15.7. The number of aromatic nitrogens is 4. The largest absolute Gasteiger partial charge is 0.383 e. The van der Waals surface area contributed by atoms with Gasteiger partial charge in [-0.15, -0.1) is 5.10 Å². The van der Waals surface area contributed by atoms with Crippen LogP contribution in [0.3, 0.4) is 0 Å². The van der Waals surface area contributed by atoms with Crippen molar-refractivity contribution in [3.8, 4) is 6.07 Å². The average molecular weight is 552 g/mol. The van der Waals surface area contributed by atoms with E-state index in [2.05, 4.69) is 52.8 Å².